The molecule has 178 valence electrons. The van der Waals surface area contributed by atoms with Crippen molar-refractivity contribution in [2.45, 2.75) is 103 Å². The van der Waals surface area contributed by atoms with E-state index in [0.717, 1.165) is 13.0 Å². The molecule has 0 spiro atoms. The molecule has 3 rings (SSSR count). The van der Waals surface area contributed by atoms with Gasteiger partial charge < -0.3 is 0 Å². The number of rotatable bonds is 15. The molecule has 0 aliphatic rings. The number of aromatic nitrogens is 2. The van der Waals surface area contributed by atoms with E-state index in [-0.39, 0.29) is 5.41 Å². The number of aryl methyl sites for hydroxylation is 1. The molecule has 2 nitrogen and oxygen atoms in total. The number of benzene rings is 2. The minimum atomic E-state index is 0.0186. The van der Waals surface area contributed by atoms with E-state index in [1.807, 2.05) is 0 Å². The van der Waals surface area contributed by atoms with Gasteiger partial charge in [-0.1, -0.05) is 120 Å². The van der Waals surface area contributed by atoms with E-state index in [4.69, 9.17) is 0 Å². The van der Waals surface area contributed by atoms with Gasteiger partial charge in [0, 0.05) is 5.41 Å². The fourth-order valence-corrected chi connectivity index (χ4v) is 5.38. The number of nitrogens with zero attached hydrogens (tertiary/aromatic N) is 1. The smallest absolute Gasteiger partial charge is 0.247 e. The van der Waals surface area contributed by atoms with Gasteiger partial charge in [0.2, 0.25) is 0 Å². The summed E-state index contributed by atoms with van der Waals surface area (Å²) in [5, 5.41) is 0. The Hall–Kier alpha value is -2.35. The summed E-state index contributed by atoms with van der Waals surface area (Å²) in [7, 11) is 0. The van der Waals surface area contributed by atoms with Crippen LogP contribution in [0.4, 0.5) is 0 Å². The van der Waals surface area contributed by atoms with Crippen molar-refractivity contribution in [3.63, 3.8) is 0 Å². The van der Waals surface area contributed by atoms with Crippen LogP contribution in [0, 0.1) is 0 Å². The highest BCUT2D eigenvalue weighted by Gasteiger charge is 2.41. The van der Waals surface area contributed by atoms with E-state index >= 15 is 0 Å². The molecule has 2 atom stereocenters. The molecule has 0 aliphatic heterocycles. The third-order valence-electron chi connectivity index (χ3n) is 7.34. The van der Waals surface area contributed by atoms with Crippen LogP contribution in [0.2, 0.25) is 0 Å². The van der Waals surface area contributed by atoms with E-state index < -0.39 is 0 Å². The second kappa shape index (κ2) is 13.4. The summed E-state index contributed by atoms with van der Waals surface area (Å²) in [6.07, 6.45) is 17.1. The Balaban J connectivity index is 1.97. The largest absolute Gasteiger partial charge is 0.258 e. The molecule has 2 unspecified atom stereocenters. The fraction of sp³-hybridized carbons (Fsp3) is 0.516. The average Bonchev–Trinajstić information content (AvgIpc) is 3.30. The second-order valence-corrected chi connectivity index (χ2v) is 9.95. The number of imidazole rings is 1. The van der Waals surface area contributed by atoms with Crippen LogP contribution in [0.5, 0.6) is 0 Å². The topological polar surface area (TPSA) is 19.7 Å². The van der Waals surface area contributed by atoms with Crippen molar-refractivity contribution in [2.24, 2.45) is 0 Å². The SMILES string of the molecule is CCCCCCCC(c1[nH]cc[n+]1CCCCC)C(C)(Cc1ccccc1)c1ccccc1. The normalized spacial score (nSPS) is 14.2. The highest BCUT2D eigenvalue weighted by atomic mass is 15.1. The molecule has 0 saturated carbocycles. The molecule has 0 saturated heterocycles. The number of aromatic amines is 1. The van der Waals surface area contributed by atoms with Crippen LogP contribution in [0.3, 0.4) is 0 Å². The Kier molecular flexibility index (Phi) is 10.2. The molecule has 1 aromatic heterocycles. The first kappa shape index (κ1) is 25.3. The lowest BCUT2D eigenvalue weighted by atomic mass is 9.66. The Bertz CT molecular complexity index is 899. The zero-order chi connectivity index (χ0) is 23.4. The predicted molar refractivity (Wildman–Crippen MR) is 141 cm³/mol. The lowest BCUT2D eigenvalue weighted by molar-refractivity contribution is -0.705. The molecule has 0 radical (unpaired) electrons. The summed E-state index contributed by atoms with van der Waals surface area (Å²) in [4.78, 5) is 3.71. The highest BCUT2D eigenvalue weighted by Crippen LogP contribution is 2.43. The monoisotopic (exact) mass is 445 g/mol. The van der Waals surface area contributed by atoms with Crippen molar-refractivity contribution >= 4 is 0 Å². The van der Waals surface area contributed by atoms with Crippen molar-refractivity contribution in [3.8, 4) is 0 Å². The first-order chi connectivity index (χ1) is 16.2. The molecular formula is C31H45N2+. The van der Waals surface area contributed by atoms with Gasteiger partial charge in [0.1, 0.15) is 12.4 Å². The summed E-state index contributed by atoms with van der Waals surface area (Å²) in [6.45, 7) is 8.19. The summed E-state index contributed by atoms with van der Waals surface area (Å²) in [6, 6.07) is 22.3. The van der Waals surface area contributed by atoms with Crippen molar-refractivity contribution in [2.75, 3.05) is 0 Å². The van der Waals surface area contributed by atoms with E-state index in [1.165, 1.54) is 74.7 Å². The Morgan fingerprint density at radius 3 is 2.12 bits per heavy atom. The van der Waals surface area contributed by atoms with Crippen LogP contribution >= 0.6 is 0 Å². The number of unbranched alkanes of at least 4 members (excludes halogenated alkanes) is 6. The zero-order valence-electron chi connectivity index (χ0n) is 21.2. The zero-order valence-corrected chi connectivity index (χ0v) is 21.2. The van der Waals surface area contributed by atoms with Gasteiger partial charge in [0.15, 0.2) is 0 Å². The van der Waals surface area contributed by atoms with Gasteiger partial charge in [0.25, 0.3) is 5.82 Å². The van der Waals surface area contributed by atoms with Gasteiger partial charge in [-0.2, -0.15) is 0 Å². The van der Waals surface area contributed by atoms with Crippen LogP contribution in [-0.2, 0) is 18.4 Å². The molecule has 1 heterocycles. The third-order valence-corrected chi connectivity index (χ3v) is 7.34. The van der Waals surface area contributed by atoms with Crippen LogP contribution in [-0.4, -0.2) is 4.98 Å². The maximum absolute atomic E-state index is 3.71. The van der Waals surface area contributed by atoms with E-state index in [9.17, 15) is 0 Å². The molecule has 0 aliphatic carbocycles. The Morgan fingerprint density at radius 2 is 1.42 bits per heavy atom. The molecule has 3 aromatic rings. The number of hydrogen-bond donors (Lipinski definition) is 1. The van der Waals surface area contributed by atoms with Gasteiger partial charge in [-0.25, -0.2) is 9.55 Å². The minimum absolute atomic E-state index is 0.0186. The molecular weight excluding hydrogens is 400 g/mol. The quantitative estimate of drug-likeness (QED) is 0.180. The van der Waals surface area contributed by atoms with Gasteiger partial charge >= 0.3 is 0 Å². The summed E-state index contributed by atoms with van der Waals surface area (Å²) in [5.74, 6) is 1.85. The van der Waals surface area contributed by atoms with Crippen LogP contribution in [0.1, 0.15) is 101 Å². The van der Waals surface area contributed by atoms with Crippen molar-refractivity contribution in [1.29, 1.82) is 0 Å². The number of hydrogen-bond acceptors (Lipinski definition) is 0. The average molecular weight is 446 g/mol. The Labute approximate surface area is 202 Å². The van der Waals surface area contributed by atoms with Gasteiger partial charge in [-0.05, 0) is 36.8 Å². The standard InChI is InChI=1S/C31H44N2/c1-4-6-8-9-16-22-29(30-32-23-25-33(30)24-17-7-5-2)31(3,28-20-14-11-15-21-28)26-27-18-12-10-13-19-27/h10-15,18-21,23,25,29H,4-9,16-17,22,24,26H2,1-3H3/p+1. The molecule has 0 amide bonds. The van der Waals surface area contributed by atoms with E-state index in [0.29, 0.717) is 5.92 Å². The summed E-state index contributed by atoms with van der Waals surface area (Å²) < 4.78 is 2.51. The Morgan fingerprint density at radius 1 is 0.788 bits per heavy atom. The van der Waals surface area contributed by atoms with E-state index in [1.54, 1.807) is 0 Å². The molecule has 0 fully saturated rings. The maximum atomic E-state index is 3.71. The predicted octanol–water partition coefficient (Wildman–Crippen LogP) is 8.14. The molecule has 2 heteroatoms. The van der Waals surface area contributed by atoms with Crippen molar-refractivity contribution in [1.82, 2.24) is 4.98 Å². The van der Waals surface area contributed by atoms with Gasteiger partial charge in [-0.3, -0.25) is 0 Å². The lowest BCUT2D eigenvalue weighted by Gasteiger charge is -2.37. The van der Waals surface area contributed by atoms with Crippen LogP contribution in [0.15, 0.2) is 73.1 Å². The molecule has 2 aromatic carbocycles. The highest BCUT2D eigenvalue weighted by molar-refractivity contribution is 5.32. The summed E-state index contributed by atoms with van der Waals surface area (Å²) in [5.41, 5.74) is 2.89. The van der Waals surface area contributed by atoms with Crippen LogP contribution < -0.4 is 4.57 Å². The lowest BCUT2D eigenvalue weighted by Crippen LogP contribution is -2.43. The molecule has 1 N–H and O–H groups in total. The van der Waals surface area contributed by atoms with Crippen molar-refractivity contribution < 1.29 is 4.57 Å². The van der Waals surface area contributed by atoms with Crippen LogP contribution in [0.25, 0.3) is 0 Å². The molecule has 33 heavy (non-hydrogen) atoms. The number of nitrogens with one attached hydrogen (secondary N) is 1. The van der Waals surface area contributed by atoms with Crippen molar-refractivity contribution in [3.05, 3.63) is 90.0 Å². The first-order valence-corrected chi connectivity index (χ1v) is 13.3. The fourth-order valence-electron chi connectivity index (χ4n) is 5.38. The molecule has 0 bridgehead atoms. The second-order valence-electron chi connectivity index (χ2n) is 9.95. The van der Waals surface area contributed by atoms with E-state index in [2.05, 4.69) is 103 Å². The van der Waals surface area contributed by atoms with Gasteiger partial charge in [-0.15, -0.1) is 0 Å². The maximum Gasteiger partial charge on any atom is 0.258 e. The number of H-pyrrole nitrogens is 1. The first-order valence-electron chi connectivity index (χ1n) is 13.3. The minimum Gasteiger partial charge on any atom is -0.247 e. The summed E-state index contributed by atoms with van der Waals surface area (Å²) >= 11 is 0. The van der Waals surface area contributed by atoms with Gasteiger partial charge in [0.05, 0.1) is 12.5 Å². The third kappa shape index (κ3) is 7.06.